The average Bonchev–Trinajstić information content (AvgIpc) is 3.06. The number of benzene rings is 1. The quantitative estimate of drug-likeness (QED) is 0.574. The van der Waals surface area contributed by atoms with Gasteiger partial charge in [-0.05, 0) is 24.2 Å². The van der Waals surface area contributed by atoms with Gasteiger partial charge in [0.25, 0.3) is 0 Å². The summed E-state index contributed by atoms with van der Waals surface area (Å²) in [6, 6.07) is 11.6. The van der Waals surface area contributed by atoms with E-state index < -0.39 is 0 Å². The molecule has 3 heteroatoms. The second kappa shape index (κ2) is 4.69. The third-order valence-corrected chi connectivity index (χ3v) is 3.56. The van der Waals surface area contributed by atoms with Crippen molar-refractivity contribution in [3.05, 3.63) is 35.9 Å². The van der Waals surface area contributed by atoms with E-state index in [1.165, 1.54) is 17.3 Å². The van der Waals surface area contributed by atoms with Crippen LogP contribution in [-0.4, -0.2) is 23.2 Å². The molecular formula is C12H14N2S. The van der Waals surface area contributed by atoms with Crippen LogP contribution in [0.1, 0.15) is 18.5 Å². The first-order valence-electron chi connectivity index (χ1n) is 5.14. The Labute approximate surface area is 94.9 Å². The van der Waals surface area contributed by atoms with Crippen LogP contribution in [0.15, 0.2) is 30.3 Å². The van der Waals surface area contributed by atoms with Crippen LogP contribution in [0.5, 0.6) is 0 Å². The Balaban J connectivity index is 1.89. The molecule has 0 radical (unpaired) electrons. The molecule has 1 unspecified atom stereocenters. The van der Waals surface area contributed by atoms with Crippen LogP contribution in [0.2, 0.25) is 0 Å². The average molecular weight is 218 g/mol. The van der Waals surface area contributed by atoms with Gasteiger partial charge >= 0.3 is 0 Å². The summed E-state index contributed by atoms with van der Waals surface area (Å²) >= 11 is 1.36. The van der Waals surface area contributed by atoms with E-state index in [4.69, 9.17) is 5.26 Å². The zero-order valence-electron chi connectivity index (χ0n) is 8.76. The Bertz CT molecular complexity index is 358. The van der Waals surface area contributed by atoms with Crippen LogP contribution < -0.4 is 0 Å². The summed E-state index contributed by atoms with van der Waals surface area (Å²) in [5.74, 6) is 0.938. The first kappa shape index (κ1) is 10.5. The van der Waals surface area contributed by atoms with Crippen LogP contribution in [0.25, 0.3) is 0 Å². The van der Waals surface area contributed by atoms with Crippen LogP contribution in [0.4, 0.5) is 0 Å². The predicted molar refractivity (Wildman–Crippen MR) is 63.4 cm³/mol. The third kappa shape index (κ3) is 2.53. The van der Waals surface area contributed by atoms with Gasteiger partial charge in [0.1, 0.15) is 5.40 Å². The van der Waals surface area contributed by atoms with Crippen molar-refractivity contribution >= 4 is 11.8 Å². The van der Waals surface area contributed by atoms with Crippen molar-refractivity contribution in [2.24, 2.45) is 0 Å². The van der Waals surface area contributed by atoms with Gasteiger partial charge < -0.3 is 0 Å². The standard InChI is InChI=1S/C12H14N2S/c1-10(11-5-3-2-4-6-11)14-7-12(14)8-15-9-13/h2-6,10,12H,7-8H2,1H3/t10-,12+,14?/m1/s1. The van der Waals surface area contributed by atoms with E-state index in [-0.39, 0.29) is 0 Å². The van der Waals surface area contributed by atoms with Gasteiger partial charge in [-0.3, -0.25) is 4.90 Å². The maximum Gasteiger partial charge on any atom is 0.133 e. The highest BCUT2D eigenvalue weighted by Gasteiger charge is 2.37. The van der Waals surface area contributed by atoms with Gasteiger partial charge in [0.2, 0.25) is 0 Å². The highest BCUT2D eigenvalue weighted by molar-refractivity contribution is 8.03. The molecule has 1 heterocycles. The lowest BCUT2D eigenvalue weighted by Crippen LogP contribution is -2.09. The topological polar surface area (TPSA) is 26.8 Å². The predicted octanol–water partition coefficient (Wildman–Crippen LogP) is 2.65. The summed E-state index contributed by atoms with van der Waals surface area (Å²) in [6.07, 6.45) is 0. The molecule has 1 aromatic carbocycles. The molecule has 3 atom stereocenters. The van der Waals surface area contributed by atoms with Gasteiger partial charge in [-0.2, -0.15) is 5.26 Å². The normalized spacial score (nSPS) is 25.6. The van der Waals surface area contributed by atoms with Crippen molar-refractivity contribution < 1.29 is 0 Å². The minimum atomic E-state index is 0.482. The number of hydrogen-bond acceptors (Lipinski definition) is 3. The molecule has 1 aliphatic heterocycles. The van der Waals surface area contributed by atoms with E-state index >= 15 is 0 Å². The van der Waals surface area contributed by atoms with Crippen molar-refractivity contribution in [1.29, 1.82) is 5.26 Å². The minimum Gasteiger partial charge on any atom is -0.290 e. The van der Waals surface area contributed by atoms with Crippen LogP contribution >= 0.6 is 11.8 Å². The molecule has 2 rings (SSSR count). The third-order valence-electron chi connectivity index (χ3n) is 2.88. The summed E-state index contributed by atoms with van der Waals surface area (Å²) in [5, 5.41) is 10.6. The lowest BCUT2D eigenvalue weighted by molar-refractivity contribution is 0.416. The number of hydrogen-bond donors (Lipinski definition) is 0. The van der Waals surface area contributed by atoms with E-state index in [0.717, 1.165) is 12.3 Å². The molecule has 0 N–H and O–H groups in total. The first-order chi connectivity index (χ1) is 7.33. The van der Waals surface area contributed by atoms with Crippen molar-refractivity contribution in [3.8, 4) is 5.40 Å². The summed E-state index contributed by atoms with van der Waals surface area (Å²) in [6.45, 7) is 3.36. The van der Waals surface area contributed by atoms with Crippen LogP contribution in [0, 0.1) is 10.7 Å². The van der Waals surface area contributed by atoms with Gasteiger partial charge in [-0.15, -0.1) is 0 Å². The summed E-state index contributed by atoms with van der Waals surface area (Å²) in [5.41, 5.74) is 1.36. The Morgan fingerprint density at radius 3 is 2.93 bits per heavy atom. The molecule has 0 aliphatic carbocycles. The van der Waals surface area contributed by atoms with Crippen molar-refractivity contribution in [2.45, 2.75) is 19.0 Å². The molecule has 0 bridgehead atoms. The molecular weight excluding hydrogens is 204 g/mol. The molecule has 1 saturated heterocycles. The first-order valence-corrected chi connectivity index (χ1v) is 6.13. The second-order valence-electron chi connectivity index (χ2n) is 3.84. The number of thioether (sulfide) groups is 1. The van der Waals surface area contributed by atoms with Crippen molar-refractivity contribution in [2.75, 3.05) is 12.3 Å². The molecule has 0 amide bonds. The summed E-state index contributed by atoms with van der Waals surface area (Å²) in [4.78, 5) is 2.43. The van der Waals surface area contributed by atoms with Crippen LogP contribution in [-0.2, 0) is 0 Å². The van der Waals surface area contributed by atoms with Gasteiger partial charge in [-0.1, -0.05) is 30.3 Å². The fraction of sp³-hybridized carbons (Fsp3) is 0.417. The number of nitrogens with zero attached hydrogens (tertiary/aromatic N) is 2. The Kier molecular flexibility index (Phi) is 3.30. The summed E-state index contributed by atoms with van der Waals surface area (Å²) in [7, 11) is 0. The molecule has 0 spiro atoms. The number of thiocyanates is 1. The van der Waals surface area contributed by atoms with E-state index in [1.54, 1.807) is 0 Å². The minimum absolute atomic E-state index is 0.482. The van der Waals surface area contributed by atoms with Crippen molar-refractivity contribution in [3.63, 3.8) is 0 Å². The number of nitriles is 1. The Morgan fingerprint density at radius 2 is 2.27 bits per heavy atom. The fourth-order valence-electron chi connectivity index (χ4n) is 1.88. The van der Waals surface area contributed by atoms with Gasteiger partial charge in [-0.25, -0.2) is 0 Å². The monoisotopic (exact) mass is 218 g/mol. The largest absolute Gasteiger partial charge is 0.290 e. The lowest BCUT2D eigenvalue weighted by Gasteiger charge is -2.13. The van der Waals surface area contributed by atoms with Crippen LogP contribution in [0.3, 0.4) is 0 Å². The highest BCUT2D eigenvalue weighted by atomic mass is 32.2. The molecule has 78 valence electrons. The van der Waals surface area contributed by atoms with E-state index in [9.17, 15) is 0 Å². The van der Waals surface area contributed by atoms with Gasteiger partial charge in [0.15, 0.2) is 0 Å². The second-order valence-corrected chi connectivity index (χ2v) is 4.64. The van der Waals surface area contributed by atoms with Gasteiger partial charge in [0, 0.05) is 24.4 Å². The maximum atomic E-state index is 8.48. The molecule has 0 saturated carbocycles. The molecule has 1 fully saturated rings. The maximum absolute atomic E-state index is 8.48. The highest BCUT2D eigenvalue weighted by Crippen LogP contribution is 2.33. The lowest BCUT2D eigenvalue weighted by atomic mass is 10.1. The fourth-order valence-corrected chi connectivity index (χ4v) is 2.44. The zero-order valence-corrected chi connectivity index (χ0v) is 9.57. The van der Waals surface area contributed by atoms with Gasteiger partial charge in [0.05, 0.1) is 0 Å². The number of rotatable bonds is 4. The molecule has 1 aliphatic rings. The SMILES string of the molecule is C[C@H](c1ccccc1)N1C[C@H]1CSC#N. The Hall–Kier alpha value is -0.980. The molecule has 0 aromatic heterocycles. The van der Waals surface area contributed by atoms with E-state index in [1.807, 2.05) is 6.07 Å². The molecule has 1 aromatic rings. The zero-order chi connectivity index (χ0) is 10.7. The van der Waals surface area contributed by atoms with E-state index in [0.29, 0.717) is 12.1 Å². The van der Waals surface area contributed by atoms with E-state index in [2.05, 4.69) is 41.5 Å². The summed E-state index contributed by atoms with van der Waals surface area (Å²) < 4.78 is 0. The Morgan fingerprint density at radius 1 is 1.53 bits per heavy atom. The molecule has 15 heavy (non-hydrogen) atoms. The van der Waals surface area contributed by atoms with Crippen molar-refractivity contribution in [1.82, 2.24) is 4.90 Å². The molecule has 2 nitrogen and oxygen atoms in total. The smallest absolute Gasteiger partial charge is 0.133 e.